The Morgan fingerprint density at radius 3 is 1.93 bits per heavy atom. The van der Waals surface area contributed by atoms with Gasteiger partial charge in [0.05, 0.1) is 6.10 Å². The number of hydrogen-bond donors (Lipinski definition) is 0. The van der Waals surface area contributed by atoms with Gasteiger partial charge in [0.15, 0.2) is 6.29 Å². The average molecular weight is 215 g/mol. The molecule has 0 amide bonds. The van der Waals surface area contributed by atoms with Crippen molar-refractivity contribution in [3.8, 4) is 0 Å². The van der Waals surface area contributed by atoms with Crippen LogP contribution < -0.4 is 5.11 Å². The molecule has 3 nitrogen and oxygen atoms in total. The van der Waals surface area contributed by atoms with Crippen LogP contribution in [0.5, 0.6) is 0 Å². The third-order valence-electron chi connectivity index (χ3n) is 3.03. The lowest BCUT2D eigenvalue weighted by atomic mass is 9.79. The fourth-order valence-corrected chi connectivity index (χ4v) is 2.11. The van der Waals surface area contributed by atoms with Crippen LogP contribution in [0.2, 0.25) is 0 Å². The fraction of sp³-hybridized carbons (Fsp3) is 1.00. The van der Waals surface area contributed by atoms with Crippen molar-refractivity contribution in [3.05, 3.63) is 0 Å². The molecule has 0 radical (unpaired) electrons. The van der Waals surface area contributed by atoms with E-state index in [0.29, 0.717) is 5.92 Å². The van der Waals surface area contributed by atoms with Crippen molar-refractivity contribution in [3.63, 3.8) is 0 Å². The number of rotatable bonds is 2. The molecule has 0 aromatic heterocycles. The van der Waals surface area contributed by atoms with Gasteiger partial charge in [0.1, 0.15) is 0 Å². The molecule has 0 spiro atoms. The monoisotopic (exact) mass is 215 g/mol. The summed E-state index contributed by atoms with van der Waals surface area (Å²) in [7, 11) is 0. The summed E-state index contributed by atoms with van der Waals surface area (Å²) in [4.78, 5) is 0. The molecule has 0 aromatic carbocycles. The van der Waals surface area contributed by atoms with Crippen LogP contribution in [0, 0.1) is 17.3 Å². The lowest BCUT2D eigenvalue weighted by Crippen LogP contribution is -2.59. The van der Waals surface area contributed by atoms with E-state index in [9.17, 15) is 5.11 Å². The van der Waals surface area contributed by atoms with Gasteiger partial charge in [-0.2, -0.15) is 0 Å². The first-order chi connectivity index (χ1) is 6.76. The zero-order valence-electron chi connectivity index (χ0n) is 10.6. The summed E-state index contributed by atoms with van der Waals surface area (Å²) in [5, 5.41) is 11.9. The summed E-state index contributed by atoms with van der Waals surface area (Å²) in [5.41, 5.74) is -0.459. The normalized spacial score (nSPS) is 36.2. The Kier molecular flexibility index (Phi) is 3.80. The highest BCUT2D eigenvalue weighted by Gasteiger charge is 2.42. The van der Waals surface area contributed by atoms with Crippen molar-refractivity contribution in [2.75, 3.05) is 0 Å². The van der Waals surface area contributed by atoms with E-state index in [1.807, 2.05) is 27.7 Å². The Morgan fingerprint density at radius 1 is 1.00 bits per heavy atom. The standard InChI is InChI=1S/C12H23O3/c1-7(2)9-12(5,6)11(13)15-10(14-9)8(3)4/h7-11H,1-6H3/q-1. The Hall–Kier alpha value is -0.120. The van der Waals surface area contributed by atoms with Crippen LogP contribution in [-0.2, 0) is 9.47 Å². The summed E-state index contributed by atoms with van der Waals surface area (Å²) in [6.45, 7) is 12.0. The summed E-state index contributed by atoms with van der Waals surface area (Å²) in [5.74, 6) is 0.556. The molecule has 0 bridgehead atoms. The van der Waals surface area contributed by atoms with Gasteiger partial charge in [0, 0.05) is 11.3 Å². The lowest BCUT2D eigenvalue weighted by molar-refractivity contribution is -0.562. The van der Waals surface area contributed by atoms with Crippen molar-refractivity contribution in [2.24, 2.45) is 17.3 Å². The minimum Gasteiger partial charge on any atom is -0.831 e. The van der Waals surface area contributed by atoms with Crippen LogP contribution in [0.4, 0.5) is 0 Å². The summed E-state index contributed by atoms with van der Waals surface area (Å²) < 4.78 is 11.2. The van der Waals surface area contributed by atoms with Crippen molar-refractivity contribution in [2.45, 2.75) is 60.2 Å². The average Bonchev–Trinajstić information content (AvgIpc) is 2.08. The Balaban J connectivity index is 2.82. The van der Waals surface area contributed by atoms with Crippen molar-refractivity contribution >= 4 is 0 Å². The molecule has 1 heterocycles. The van der Waals surface area contributed by atoms with E-state index in [0.717, 1.165) is 0 Å². The molecule has 0 aromatic rings. The highest BCUT2D eigenvalue weighted by atomic mass is 16.7. The van der Waals surface area contributed by atoms with Gasteiger partial charge >= 0.3 is 0 Å². The van der Waals surface area contributed by atoms with Gasteiger partial charge in [-0.25, -0.2) is 0 Å². The third-order valence-corrected chi connectivity index (χ3v) is 3.03. The van der Waals surface area contributed by atoms with Gasteiger partial charge in [-0.05, 0) is 12.2 Å². The van der Waals surface area contributed by atoms with E-state index in [2.05, 4.69) is 13.8 Å². The maximum atomic E-state index is 11.9. The van der Waals surface area contributed by atoms with E-state index in [-0.39, 0.29) is 18.3 Å². The van der Waals surface area contributed by atoms with Gasteiger partial charge in [0.25, 0.3) is 0 Å². The second-order valence-corrected chi connectivity index (χ2v) is 5.70. The zero-order chi connectivity index (χ0) is 11.8. The fourth-order valence-electron chi connectivity index (χ4n) is 2.11. The molecule has 15 heavy (non-hydrogen) atoms. The Morgan fingerprint density at radius 2 is 1.53 bits per heavy atom. The van der Waals surface area contributed by atoms with Gasteiger partial charge in [-0.3, -0.25) is 0 Å². The van der Waals surface area contributed by atoms with E-state index >= 15 is 0 Å². The van der Waals surface area contributed by atoms with Crippen molar-refractivity contribution in [1.82, 2.24) is 0 Å². The molecule has 1 aliphatic rings. The largest absolute Gasteiger partial charge is 0.831 e. The van der Waals surface area contributed by atoms with Gasteiger partial charge in [0.2, 0.25) is 0 Å². The highest BCUT2D eigenvalue weighted by Crippen LogP contribution is 2.38. The van der Waals surface area contributed by atoms with E-state index in [1.165, 1.54) is 0 Å². The van der Waals surface area contributed by atoms with Crippen LogP contribution >= 0.6 is 0 Å². The maximum absolute atomic E-state index is 11.9. The van der Waals surface area contributed by atoms with Crippen LogP contribution in [-0.4, -0.2) is 18.7 Å². The molecule has 3 atom stereocenters. The Bertz CT molecular complexity index is 211. The molecule has 3 heteroatoms. The van der Waals surface area contributed by atoms with E-state index in [4.69, 9.17) is 9.47 Å². The highest BCUT2D eigenvalue weighted by molar-refractivity contribution is 4.87. The van der Waals surface area contributed by atoms with E-state index < -0.39 is 11.7 Å². The molecular formula is C12H23O3-. The smallest absolute Gasteiger partial charge is 0.158 e. The number of hydrogen-bond acceptors (Lipinski definition) is 3. The summed E-state index contributed by atoms with van der Waals surface area (Å²) in [6, 6.07) is 0. The molecule has 1 rings (SSSR count). The van der Waals surface area contributed by atoms with Crippen molar-refractivity contribution < 1.29 is 14.6 Å². The SMILES string of the molecule is CC(C)C1OC([O-])C(C)(C)C(C(C)C)O1. The van der Waals surface area contributed by atoms with E-state index in [1.54, 1.807) is 0 Å². The quantitative estimate of drug-likeness (QED) is 0.704. The molecule has 1 fully saturated rings. The predicted molar refractivity (Wildman–Crippen MR) is 57.0 cm³/mol. The van der Waals surface area contributed by atoms with Gasteiger partial charge in [-0.15, -0.1) is 0 Å². The minimum absolute atomic E-state index is 0.0267. The Labute approximate surface area is 92.8 Å². The lowest BCUT2D eigenvalue weighted by Gasteiger charge is -2.53. The molecule has 1 saturated heterocycles. The molecule has 0 aliphatic carbocycles. The topological polar surface area (TPSA) is 41.5 Å². The van der Waals surface area contributed by atoms with Crippen LogP contribution in [0.1, 0.15) is 41.5 Å². The first-order valence-electron chi connectivity index (χ1n) is 5.73. The van der Waals surface area contributed by atoms with Gasteiger partial charge < -0.3 is 14.6 Å². The maximum Gasteiger partial charge on any atom is 0.158 e. The second-order valence-electron chi connectivity index (χ2n) is 5.70. The molecular weight excluding hydrogens is 192 g/mol. The number of ether oxygens (including phenoxy) is 2. The van der Waals surface area contributed by atoms with Crippen LogP contribution in [0.15, 0.2) is 0 Å². The predicted octanol–water partition coefficient (Wildman–Crippen LogP) is 1.75. The first-order valence-corrected chi connectivity index (χ1v) is 5.73. The second kappa shape index (κ2) is 4.40. The minimum atomic E-state index is -0.994. The van der Waals surface area contributed by atoms with Crippen LogP contribution in [0.3, 0.4) is 0 Å². The first kappa shape index (κ1) is 12.9. The summed E-state index contributed by atoms with van der Waals surface area (Å²) in [6.07, 6.45) is -1.37. The van der Waals surface area contributed by atoms with Gasteiger partial charge in [-0.1, -0.05) is 41.5 Å². The molecule has 1 aliphatic heterocycles. The molecule has 90 valence electrons. The molecule has 0 saturated carbocycles. The van der Waals surface area contributed by atoms with Crippen molar-refractivity contribution in [1.29, 1.82) is 0 Å². The van der Waals surface area contributed by atoms with Crippen LogP contribution in [0.25, 0.3) is 0 Å². The molecule has 0 N–H and O–H groups in total. The molecule has 3 unspecified atom stereocenters. The third kappa shape index (κ3) is 2.52. The summed E-state index contributed by atoms with van der Waals surface area (Å²) >= 11 is 0. The zero-order valence-corrected chi connectivity index (χ0v) is 10.6.